The molecule has 1 N–H and O–H groups in total. The minimum absolute atomic E-state index is 0.116. The standard InChI is InChI=1S/C14H16F3N3O2S/c1-9-12(13(14(15,16)17)19-23(3,21)22)10(2)20(18-9)11-7-5-4-6-8-11/h4-8,13,19H,1-3H3/t13-/m1/s1. The molecule has 2 rings (SSSR count). The molecule has 1 aromatic heterocycles. The second kappa shape index (κ2) is 5.97. The summed E-state index contributed by atoms with van der Waals surface area (Å²) < 4.78 is 65.7. The molecule has 1 aromatic carbocycles. The number of alkyl halides is 3. The molecule has 1 heterocycles. The summed E-state index contributed by atoms with van der Waals surface area (Å²) >= 11 is 0. The highest BCUT2D eigenvalue weighted by Crippen LogP contribution is 2.36. The normalized spacial score (nSPS) is 14.0. The van der Waals surface area contributed by atoms with Gasteiger partial charge in [0.15, 0.2) is 0 Å². The third-order valence-electron chi connectivity index (χ3n) is 3.30. The van der Waals surface area contributed by atoms with E-state index in [4.69, 9.17) is 0 Å². The van der Waals surface area contributed by atoms with Crippen molar-refractivity contribution < 1.29 is 21.6 Å². The molecule has 0 aliphatic carbocycles. The van der Waals surface area contributed by atoms with E-state index in [1.807, 2.05) is 0 Å². The van der Waals surface area contributed by atoms with E-state index in [2.05, 4.69) is 5.10 Å². The lowest BCUT2D eigenvalue weighted by Crippen LogP contribution is -2.38. The molecule has 23 heavy (non-hydrogen) atoms. The van der Waals surface area contributed by atoms with Crippen molar-refractivity contribution in [2.75, 3.05) is 6.26 Å². The largest absolute Gasteiger partial charge is 0.409 e. The Hall–Kier alpha value is -1.87. The third kappa shape index (κ3) is 3.91. The van der Waals surface area contributed by atoms with Gasteiger partial charge in [-0.3, -0.25) is 0 Å². The number of para-hydroxylation sites is 1. The predicted molar refractivity (Wildman–Crippen MR) is 79.8 cm³/mol. The average molecular weight is 347 g/mol. The lowest BCUT2D eigenvalue weighted by molar-refractivity contribution is -0.153. The highest BCUT2D eigenvalue weighted by molar-refractivity contribution is 7.88. The number of sulfonamides is 1. The quantitative estimate of drug-likeness (QED) is 0.925. The first-order valence-electron chi connectivity index (χ1n) is 6.66. The van der Waals surface area contributed by atoms with E-state index in [1.54, 1.807) is 35.1 Å². The topological polar surface area (TPSA) is 64.0 Å². The number of benzene rings is 1. The summed E-state index contributed by atoms with van der Waals surface area (Å²) in [6, 6.07) is 6.32. The molecule has 0 unspecified atom stereocenters. The maximum atomic E-state index is 13.3. The van der Waals surface area contributed by atoms with Crippen LogP contribution in [0.5, 0.6) is 0 Å². The Morgan fingerprint density at radius 2 is 1.74 bits per heavy atom. The van der Waals surface area contributed by atoms with Crippen molar-refractivity contribution in [3.63, 3.8) is 0 Å². The van der Waals surface area contributed by atoms with Crippen LogP contribution in [0.4, 0.5) is 13.2 Å². The number of aromatic nitrogens is 2. The summed E-state index contributed by atoms with van der Waals surface area (Å²) in [7, 11) is -4.05. The van der Waals surface area contributed by atoms with Gasteiger partial charge >= 0.3 is 6.18 Å². The lowest BCUT2D eigenvalue weighted by Gasteiger charge is -2.21. The monoisotopic (exact) mass is 347 g/mol. The first-order valence-corrected chi connectivity index (χ1v) is 8.55. The first-order chi connectivity index (χ1) is 10.5. The maximum absolute atomic E-state index is 13.3. The van der Waals surface area contributed by atoms with Crippen molar-refractivity contribution >= 4 is 10.0 Å². The SMILES string of the molecule is Cc1nn(-c2ccccc2)c(C)c1[C@@H](NS(C)(=O)=O)C(F)(F)F. The van der Waals surface area contributed by atoms with Crippen LogP contribution in [0.3, 0.4) is 0 Å². The van der Waals surface area contributed by atoms with Gasteiger partial charge in [-0.05, 0) is 26.0 Å². The van der Waals surface area contributed by atoms with Gasteiger partial charge in [-0.15, -0.1) is 0 Å². The van der Waals surface area contributed by atoms with Crippen LogP contribution in [0.2, 0.25) is 0 Å². The minimum atomic E-state index is -4.77. The zero-order valence-electron chi connectivity index (χ0n) is 12.7. The molecule has 5 nitrogen and oxygen atoms in total. The molecule has 0 radical (unpaired) electrons. The molecule has 126 valence electrons. The molecule has 1 atom stereocenters. The van der Waals surface area contributed by atoms with E-state index >= 15 is 0 Å². The van der Waals surface area contributed by atoms with Gasteiger partial charge in [0.05, 0.1) is 17.6 Å². The highest BCUT2D eigenvalue weighted by Gasteiger charge is 2.45. The van der Waals surface area contributed by atoms with Crippen LogP contribution in [0.1, 0.15) is 23.0 Å². The van der Waals surface area contributed by atoms with E-state index in [-0.39, 0.29) is 17.0 Å². The van der Waals surface area contributed by atoms with Crippen LogP contribution >= 0.6 is 0 Å². The van der Waals surface area contributed by atoms with Crippen LogP contribution in [0.15, 0.2) is 30.3 Å². The van der Waals surface area contributed by atoms with E-state index in [1.165, 1.54) is 18.5 Å². The Morgan fingerprint density at radius 1 is 1.17 bits per heavy atom. The summed E-state index contributed by atoms with van der Waals surface area (Å²) in [5.74, 6) is 0. The second-order valence-corrected chi connectivity index (χ2v) is 6.98. The van der Waals surface area contributed by atoms with Crippen LogP contribution < -0.4 is 4.72 Å². The van der Waals surface area contributed by atoms with Crippen molar-refractivity contribution in [3.8, 4) is 5.69 Å². The zero-order valence-corrected chi connectivity index (χ0v) is 13.5. The van der Waals surface area contributed by atoms with Crippen molar-refractivity contribution in [2.24, 2.45) is 0 Å². The Balaban J connectivity index is 2.59. The number of aryl methyl sites for hydroxylation is 1. The number of halogens is 3. The summed E-state index contributed by atoms with van der Waals surface area (Å²) in [5.41, 5.74) is 0.753. The van der Waals surface area contributed by atoms with Crippen molar-refractivity contribution in [2.45, 2.75) is 26.1 Å². The first kappa shape index (κ1) is 17.5. The van der Waals surface area contributed by atoms with Gasteiger partial charge in [0.2, 0.25) is 10.0 Å². The Kier molecular flexibility index (Phi) is 4.54. The molecular weight excluding hydrogens is 331 g/mol. The molecule has 0 saturated carbocycles. The van der Waals surface area contributed by atoms with Crippen LogP contribution in [-0.2, 0) is 10.0 Å². The summed E-state index contributed by atoms with van der Waals surface area (Å²) in [4.78, 5) is 0. The Morgan fingerprint density at radius 3 is 2.22 bits per heavy atom. The van der Waals surface area contributed by atoms with Crippen molar-refractivity contribution in [3.05, 3.63) is 47.3 Å². The van der Waals surface area contributed by atoms with Gasteiger partial charge < -0.3 is 0 Å². The van der Waals surface area contributed by atoms with Crippen LogP contribution in [0, 0.1) is 13.8 Å². The molecule has 0 saturated heterocycles. The van der Waals surface area contributed by atoms with Gasteiger partial charge in [-0.1, -0.05) is 18.2 Å². The zero-order chi connectivity index (χ0) is 17.4. The molecule has 0 fully saturated rings. The molecule has 0 amide bonds. The molecule has 0 aliphatic rings. The summed E-state index contributed by atoms with van der Waals surface area (Å²) in [5, 5.41) is 4.13. The number of rotatable bonds is 4. The minimum Gasteiger partial charge on any atom is -0.237 e. The third-order valence-corrected chi connectivity index (χ3v) is 3.96. The fourth-order valence-corrected chi connectivity index (χ4v) is 3.08. The summed E-state index contributed by atoms with van der Waals surface area (Å²) in [6.07, 6.45) is -4.08. The molecule has 2 aromatic rings. The lowest BCUT2D eigenvalue weighted by atomic mass is 10.1. The van der Waals surface area contributed by atoms with Gasteiger partial charge in [-0.25, -0.2) is 13.1 Å². The van der Waals surface area contributed by atoms with Crippen molar-refractivity contribution in [1.82, 2.24) is 14.5 Å². The summed E-state index contributed by atoms with van der Waals surface area (Å²) in [6.45, 7) is 2.90. The van der Waals surface area contributed by atoms with E-state index in [0.29, 0.717) is 11.9 Å². The van der Waals surface area contributed by atoms with Gasteiger partial charge in [0.25, 0.3) is 0 Å². The van der Waals surface area contributed by atoms with Crippen molar-refractivity contribution in [1.29, 1.82) is 0 Å². The number of nitrogens with one attached hydrogen (secondary N) is 1. The molecule has 0 spiro atoms. The van der Waals surface area contributed by atoms with Gasteiger partial charge in [-0.2, -0.15) is 23.0 Å². The molecule has 0 bridgehead atoms. The molecular formula is C14H16F3N3O2S. The van der Waals surface area contributed by atoms with Gasteiger partial charge in [0.1, 0.15) is 6.04 Å². The smallest absolute Gasteiger partial charge is 0.237 e. The highest BCUT2D eigenvalue weighted by atomic mass is 32.2. The predicted octanol–water partition coefficient (Wildman–Crippen LogP) is 2.64. The number of hydrogen-bond acceptors (Lipinski definition) is 3. The molecule has 0 aliphatic heterocycles. The fourth-order valence-electron chi connectivity index (χ4n) is 2.40. The van der Waals surface area contributed by atoms with Gasteiger partial charge in [0, 0.05) is 11.3 Å². The van der Waals surface area contributed by atoms with E-state index < -0.39 is 22.2 Å². The average Bonchev–Trinajstić information content (AvgIpc) is 2.70. The number of nitrogens with zero attached hydrogens (tertiary/aromatic N) is 2. The molecule has 9 heteroatoms. The fraction of sp³-hybridized carbons (Fsp3) is 0.357. The second-order valence-electron chi connectivity index (χ2n) is 5.20. The van der Waals surface area contributed by atoms with Crippen LogP contribution in [0.25, 0.3) is 5.69 Å². The Labute approximate surface area is 132 Å². The van der Waals surface area contributed by atoms with Crippen LogP contribution in [-0.4, -0.2) is 30.6 Å². The number of hydrogen-bond donors (Lipinski definition) is 1. The van der Waals surface area contributed by atoms with E-state index in [9.17, 15) is 21.6 Å². The Bertz CT molecular complexity index is 799. The van der Waals surface area contributed by atoms with E-state index in [0.717, 1.165) is 0 Å². The maximum Gasteiger partial charge on any atom is 0.409 e.